The number of urea groups is 2. The largest absolute Gasteiger partial charge is 0.481 e. The molecular weight excluding hydrogens is 498 g/mol. The number of rotatable bonds is 7. The number of anilines is 2. The molecule has 2 aliphatic rings. The van der Waals surface area contributed by atoms with Crippen LogP contribution in [0.5, 0.6) is 0 Å². The first-order chi connectivity index (χ1) is 18.7. The maximum absolute atomic E-state index is 13.8. The minimum absolute atomic E-state index is 0.0318. The van der Waals surface area contributed by atoms with Gasteiger partial charge in [0.15, 0.2) is 6.17 Å². The van der Waals surface area contributed by atoms with E-state index in [-0.39, 0.29) is 25.4 Å². The number of aryl methyl sites for hydroxylation is 2. The van der Waals surface area contributed by atoms with Crippen molar-refractivity contribution < 1.29 is 24.3 Å². The minimum Gasteiger partial charge on any atom is -0.481 e. The van der Waals surface area contributed by atoms with E-state index >= 15 is 0 Å². The van der Waals surface area contributed by atoms with Crippen molar-refractivity contribution in [2.45, 2.75) is 64.6 Å². The molecule has 0 aromatic heterocycles. The predicted octanol–water partition coefficient (Wildman–Crippen LogP) is 4.55. The summed E-state index contributed by atoms with van der Waals surface area (Å²) in [7, 11) is 0. The van der Waals surface area contributed by atoms with Crippen molar-refractivity contribution in [3.63, 3.8) is 0 Å². The van der Waals surface area contributed by atoms with Gasteiger partial charge in [-0.05, 0) is 68.0 Å². The van der Waals surface area contributed by atoms with Crippen LogP contribution in [0.4, 0.5) is 21.0 Å². The van der Waals surface area contributed by atoms with E-state index < -0.39 is 36.1 Å². The molecule has 2 aromatic rings. The van der Waals surface area contributed by atoms with Crippen LogP contribution >= 0.6 is 0 Å². The van der Waals surface area contributed by atoms with Gasteiger partial charge in [0.1, 0.15) is 0 Å². The summed E-state index contributed by atoms with van der Waals surface area (Å²) in [4.78, 5) is 54.8. The first-order valence-corrected chi connectivity index (χ1v) is 13.5. The zero-order chi connectivity index (χ0) is 27.9. The predicted molar refractivity (Wildman–Crippen MR) is 148 cm³/mol. The number of carbonyl (C=O) groups is 4. The van der Waals surface area contributed by atoms with Crippen LogP contribution in [-0.2, 0) is 9.59 Å². The number of nitrogens with one attached hydrogen (secondary N) is 3. The zero-order valence-electron chi connectivity index (χ0n) is 22.5. The number of nitrogens with zero attached hydrogens (tertiary/aromatic N) is 2. The van der Waals surface area contributed by atoms with Gasteiger partial charge in [-0.25, -0.2) is 9.59 Å². The second-order valence-electron chi connectivity index (χ2n) is 10.5. The third kappa shape index (κ3) is 7.28. The van der Waals surface area contributed by atoms with E-state index in [4.69, 9.17) is 0 Å². The molecule has 1 atom stereocenters. The molecule has 1 aliphatic heterocycles. The Morgan fingerprint density at radius 2 is 1.36 bits per heavy atom. The van der Waals surface area contributed by atoms with Crippen molar-refractivity contribution in [2.24, 2.45) is 5.92 Å². The molecule has 1 saturated carbocycles. The van der Waals surface area contributed by atoms with Gasteiger partial charge in [-0.3, -0.25) is 19.4 Å². The Morgan fingerprint density at radius 1 is 0.846 bits per heavy atom. The summed E-state index contributed by atoms with van der Waals surface area (Å²) in [6, 6.07) is 13.0. The molecular formula is C29H37N5O5. The van der Waals surface area contributed by atoms with Gasteiger partial charge in [0.05, 0.1) is 6.42 Å². The molecule has 2 fully saturated rings. The van der Waals surface area contributed by atoms with Gasteiger partial charge in [0.2, 0.25) is 0 Å². The zero-order valence-corrected chi connectivity index (χ0v) is 22.5. The number of amides is 5. The van der Waals surface area contributed by atoms with Crippen molar-refractivity contribution >= 4 is 35.3 Å². The molecule has 0 spiro atoms. The number of carboxylic acids is 1. The quantitative estimate of drug-likeness (QED) is 0.413. The molecule has 5 amide bonds. The molecule has 10 nitrogen and oxygen atoms in total. The maximum Gasteiger partial charge on any atom is 0.323 e. The third-order valence-corrected chi connectivity index (χ3v) is 7.41. The van der Waals surface area contributed by atoms with Gasteiger partial charge in [0.25, 0.3) is 5.91 Å². The van der Waals surface area contributed by atoms with E-state index in [2.05, 4.69) is 16.0 Å². The normalized spacial score (nSPS) is 17.0. The second kappa shape index (κ2) is 12.6. The Balaban J connectivity index is 1.57. The van der Waals surface area contributed by atoms with Crippen molar-refractivity contribution in [3.05, 3.63) is 59.7 Å². The molecule has 208 valence electrons. The van der Waals surface area contributed by atoms with Crippen molar-refractivity contribution in [1.82, 2.24) is 15.1 Å². The number of benzene rings is 2. The van der Waals surface area contributed by atoms with E-state index in [1.807, 2.05) is 50.2 Å². The highest BCUT2D eigenvalue weighted by Gasteiger charge is 2.44. The number of carboxylic acid groups (broad SMARTS) is 1. The molecule has 1 aliphatic carbocycles. The Bertz CT molecular complexity index is 1140. The molecule has 39 heavy (non-hydrogen) atoms. The van der Waals surface area contributed by atoms with Crippen molar-refractivity contribution in [2.75, 3.05) is 23.7 Å². The van der Waals surface area contributed by atoms with E-state index in [9.17, 15) is 24.3 Å². The first kappa shape index (κ1) is 27.9. The number of hydrogen-bond donors (Lipinski definition) is 4. The lowest BCUT2D eigenvalue weighted by Crippen LogP contribution is -2.58. The summed E-state index contributed by atoms with van der Waals surface area (Å²) in [5, 5.41) is 18.1. The van der Waals surface area contributed by atoms with Crippen LogP contribution in [0.3, 0.4) is 0 Å². The fourth-order valence-corrected chi connectivity index (χ4v) is 5.49. The van der Waals surface area contributed by atoms with Gasteiger partial charge < -0.3 is 21.1 Å². The van der Waals surface area contributed by atoms with E-state index in [0.717, 1.165) is 43.2 Å². The van der Waals surface area contributed by atoms with Gasteiger partial charge >= 0.3 is 18.0 Å². The molecule has 2 aromatic carbocycles. The lowest BCUT2D eigenvalue weighted by molar-refractivity contribution is -0.138. The van der Waals surface area contributed by atoms with Gasteiger partial charge in [-0.2, -0.15) is 0 Å². The Kier molecular flexibility index (Phi) is 9.06. The molecule has 4 rings (SSSR count). The molecule has 0 radical (unpaired) electrons. The maximum atomic E-state index is 13.8. The van der Waals surface area contributed by atoms with Crippen molar-refractivity contribution in [3.8, 4) is 0 Å². The Morgan fingerprint density at radius 3 is 1.82 bits per heavy atom. The van der Waals surface area contributed by atoms with Crippen molar-refractivity contribution in [1.29, 1.82) is 0 Å². The second-order valence-corrected chi connectivity index (χ2v) is 10.5. The SMILES string of the molecule is Cc1cccc(NC(=O)N2CCN(C(=O)Nc3cccc(C)c3)C2C(=O)NC(CC(=O)O)C2CCCCC2)c1. The fraction of sp³-hybridized carbons (Fsp3) is 0.448. The van der Waals surface area contributed by atoms with E-state index in [1.165, 1.54) is 9.80 Å². The summed E-state index contributed by atoms with van der Waals surface area (Å²) in [5.41, 5.74) is 3.08. The van der Waals surface area contributed by atoms with Crippen LogP contribution in [0.2, 0.25) is 0 Å². The highest BCUT2D eigenvalue weighted by molar-refractivity contribution is 5.98. The van der Waals surface area contributed by atoms with Gasteiger partial charge in [-0.15, -0.1) is 0 Å². The molecule has 1 heterocycles. The van der Waals surface area contributed by atoms with Crippen LogP contribution in [0.25, 0.3) is 0 Å². The average Bonchev–Trinajstić information content (AvgIpc) is 3.34. The number of hydrogen-bond acceptors (Lipinski definition) is 4. The Labute approximate surface area is 228 Å². The van der Waals surface area contributed by atoms with Gasteiger partial charge in [-0.1, -0.05) is 43.5 Å². The van der Waals surface area contributed by atoms with Crippen LogP contribution in [-0.4, -0.2) is 64.1 Å². The topological polar surface area (TPSA) is 131 Å². The average molecular weight is 536 g/mol. The summed E-state index contributed by atoms with van der Waals surface area (Å²) < 4.78 is 0. The highest BCUT2D eigenvalue weighted by atomic mass is 16.4. The molecule has 10 heteroatoms. The lowest BCUT2D eigenvalue weighted by Gasteiger charge is -2.34. The molecule has 4 N–H and O–H groups in total. The summed E-state index contributed by atoms with van der Waals surface area (Å²) in [6.07, 6.45) is 3.27. The standard InChI is InChI=1S/C29H37N5O5/c1-19-8-6-12-22(16-19)30-28(38)33-14-15-34(29(39)31-23-13-7-9-20(2)17-23)27(33)26(37)32-24(18-25(35)36)21-10-4-3-5-11-21/h6-9,12-13,16-17,21,24,27H,3-5,10-11,14-15,18H2,1-2H3,(H,30,38)(H,31,39)(H,32,37)(H,35,36). The fourth-order valence-electron chi connectivity index (χ4n) is 5.49. The highest BCUT2D eigenvalue weighted by Crippen LogP contribution is 2.29. The van der Waals surface area contributed by atoms with Crippen LogP contribution < -0.4 is 16.0 Å². The monoisotopic (exact) mass is 535 g/mol. The first-order valence-electron chi connectivity index (χ1n) is 13.5. The van der Waals surface area contributed by atoms with E-state index in [0.29, 0.717) is 11.4 Å². The molecule has 1 unspecified atom stereocenters. The minimum atomic E-state index is -1.24. The molecule has 1 saturated heterocycles. The smallest absolute Gasteiger partial charge is 0.323 e. The Hall–Kier alpha value is -4.08. The summed E-state index contributed by atoms with van der Waals surface area (Å²) in [5.74, 6) is -1.53. The van der Waals surface area contributed by atoms with E-state index in [1.54, 1.807) is 12.1 Å². The number of carbonyl (C=O) groups excluding carboxylic acids is 3. The van der Waals surface area contributed by atoms with Gasteiger partial charge in [0, 0.05) is 30.5 Å². The van der Waals surface area contributed by atoms with Crippen LogP contribution in [0.15, 0.2) is 48.5 Å². The van der Waals surface area contributed by atoms with Crippen LogP contribution in [0.1, 0.15) is 49.7 Å². The molecule has 0 bridgehead atoms. The lowest BCUT2D eigenvalue weighted by atomic mass is 9.82. The summed E-state index contributed by atoms with van der Waals surface area (Å²) in [6.45, 7) is 4.11. The summed E-state index contributed by atoms with van der Waals surface area (Å²) >= 11 is 0. The third-order valence-electron chi connectivity index (χ3n) is 7.41. The van der Waals surface area contributed by atoms with Crippen LogP contribution in [0, 0.1) is 19.8 Å². The number of aliphatic carboxylic acids is 1.